The summed E-state index contributed by atoms with van der Waals surface area (Å²) in [6, 6.07) is 46.0. The predicted molar refractivity (Wildman–Crippen MR) is 178 cm³/mol. The van der Waals surface area contributed by atoms with Crippen LogP contribution in [0.15, 0.2) is 146 Å². The van der Waals surface area contributed by atoms with Crippen molar-refractivity contribution in [3.8, 4) is 51.0 Å². The smallest absolute Gasteiger partial charge is 0.164 e. The van der Waals surface area contributed by atoms with Crippen molar-refractivity contribution in [1.29, 1.82) is 0 Å². The van der Waals surface area contributed by atoms with E-state index >= 15 is 0 Å². The van der Waals surface area contributed by atoms with Crippen LogP contribution < -0.4 is 0 Å². The lowest BCUT2D eigenvalue weighted by Gasteiger charge is -2.15. The van der Waals surface area contributed by atoms with Crippen molar-refractivity contribution in [2.45, 2.75) is 6.92 Å². The second-order valence-corrected chi connectivity index (χ2v) is 10.9. The molecule has 0 aliphatic rings. The molecule has 0 saturated heterocycles. The van der Waals surface area contributed by atoms with Gasteiger partial charge in [0.2, 0.25) is 0 Å². The highest BCUT2D eigenvalue weighted by molar-refractivity contribution is 6.09. The molecule has 5 aromatic carbocycles. The molecular formula is C39H27N5. The van der Waals surface area contributed by atoms with Gasteiger partial charge in [-0.2, -0.15) is 0 Å². The molecule has 0 radical (unpaired) electrons. The molecular weight excluding hydrogens is 538 g/mol. The van der Waals surface area contributed by atoms with Crippen molar-refractivity contribution in [2.75, 3.05) is 0 Å². The van der Waals surface area contributed by atoms with Crippen LogP contribution in [-0.2, 0) is 0 Å². The minimum atomic E-state index is 0.620. The fraction of sp³-hybridized carbons (Fsp3) is 0.0256. The SMILES string of the molecule is Cc1ccc2c3ccccc3n(-c3ccc(-c4nc(-c5ccccc5)nc(-c5ccccc5)n4)c(-c4ccncc4)c3)c2c1. The molecule has 8 aromatic rings. The number of aryl methyl sites for hydroxylation is 1. The van der Waals surface area contributed by atoms with Crippen LogP contribution in [0.3, 0.4) is 0 Å². The summed E-state index contributed by atoms with van der Waals surface area (Å²) in [4.78, 5) is 19.3. The van der Waals surface area contributed by atoms with Gasteiger partial charge in [0, 0.05) is 45.5 Å². The molecule has 0 aliphatic heterocycles. The lowest BCUT2D eigenvalue weighted by Crippen LogP contribution is -2.02. The summed E-state index contributed by atoms with van der Waals surface area (Å²) in [5.74, 6) is 1.89. The molecule has 3 aromatic heterocycles. The van der Waals surface area contributed by atoms with Crippen LogP contribution >= 0.6 is 0 Å². The first-order valence-electron chi connectivity index (χ1n) is 14.6. The first-order chi connectivity index (χ1) is 21.7. The van der Waals surface area contributed by atoms with Crippen molar-refractivity contribution in [3.05, 3.63) is 151 Å². The van der Waals surface area contributed by atoms with Gasteiger partial charge < -0.3 is 4.57 Å². The van der Waals surface area contributed by atoms with E-state index in [-0.39, 0.29) is 0 Å². The summed E-state index contributed by atoms with van der Waals surface area (Å²) in [6.07, 6.45) is 3.65. The van der Waals surface area contributed by atoms with Crippen molar-refractivity contribution < 1.29 is 0 Å². The molecule has 0 atom stereocenters. The van der Waals surface area contributed by atoms with Gasteiger partial charge in [0.1, 0.15) is 0 Å². The molecule has 44 heavy (non-hydrogen) atoms. The summed E-state index contributed by atoms with van der Waals surface area (Å²) < 4.78 is 2.35. The maximum Gasteiger partial charge on any atom is 0.164 e. The quantitative estimate of drug-likeness (QED) is 0.209. The second kappa shape index (κ2) is 10.7. The average molecular weight is 566 g/mol. The molecule has 0 N–H and O–H groups in total. The van der Waals surface area contributed by atoms with Gasteiger partial charge in [-0.05, 0) is 66.1 Å². The van der Waals surface area contributed by atoms with E-state index in [0.29, 0.717) is 17.5 Å². The lowest BCUT2D eigenvalue weighted by molar-refractivity contribution is 1.07. The molecule has 0 aliphatic carbocycles. The highest BCUT2D eigenvalue weighted by atomic mass is 15.0. The van der Waals surface area contributed by atoms with E-state index in [1.165, 1.54) is 27.4 Å². The van der Waals surface area contributed by atoms with Crippen LogP contribution in [-0.4, -0.2) is 24.5 Å². The number of benzene rings is 5. The van der Waals surface area contributed by atoms with Gasteiger partial charge in [-0.1, -0.05) is 91.0 Å². The van der Waals surface area contributed by atoms with E-state index in [0.717, 1.165) is 33.5 Å². The van der Waals surface area contributed by atoms with Gasteiger partial charge in [0.05, 0.1) is 11.0 Å². The molecule has 0 amide bonds. The number of para-hydroxylation sites is 1. The van der Waals surface area contributed by atoms with E-state index in [1.807, 2.05) is 85.2 Å². The van der Waals surface area contributed by atoms with E-state index in [2.05, 4.69) is 77.1 Å². The van der Waals surface area contributed by atoms with Gasteiger partial charge in [0.25, 0.3) is 0 Å². The van der Waals surface area contributed by atoms with Crippen molar-refractivity contribution in [2.24, 2.45) is 0 Å². The molecule has 0 spiro atoms. The standard InChI is InChI=1S/C39H27N5/c1-26-16-18-32-31-14-8-9-15-35(31)44(36(32)24-26)30-17-19-33(34(25-30)27-20-22-40-23-21-27)39-42-37(28-10-4-2-5-11-28)41-38(43-39)29-12-6-3-7-13-29/h2-25H,1H3. The predicted octanol–water partition coefficient (Wildman–Crippen LogP) is 9.34. The largest absolute Gasteiger partial charge is 0.309 e. The highest BCUT2D eigenvalue weighted by Gasteiger charge is 2.18. The monoisotopic (exact) mass is 565 g/mol. The maximum absolute atomic E-state index is 5.04. The molecule has 8 rings (SSSR count). The molecule has 0 saturated carbocycles. The van der Waals surface area contributed by atoms with Crippen LogP contribution in [0.25, 0.3) is 72.8 Å². The number of nitrogens with zero attached hydrogens (tertiary/aromatic N) is 5. The second-order valence-electron chi connectivity index (χ2n) is 10.9. The first-order valence-corrected chi connectivity index (χ1v) is 14.6. The molecule has 0 unspecified atom stereocenters. The third kappa shape index (κ3) is 4.52. The molecule has 208 valence electrons. The lowest BCUT2D eigenvalue weighted by atomic mass is 9.98. The molecule has 0 bridgehead atoms. The minimum absolute atomic E-state index is 0.620. The highest BCUT2D eigenvalue weighted by Crippen LogP contribution is 2.37. The Morgan fingerprint density at radius 3 is 1.77 bits per heavy atom. The Kier molecular flexibility index (Phi) is 6.27. The Labute approximate surface area is 255 Å². The molecule has 3 heterocycles. The van der Waals surface area contributed by atoms with E-state index < -0.39 is 0 Å². The van der Waals surface area contributed by atoms with Crippen molar-refractivity contribution >= 4 is 21.8 Å². The number of pyridine rings is 1. The zero-order chi connectivity index (χ0) is 29.5. The van der Waals surface area contributed by atoms with E-state index in [9.17, 15) is 0 Å². The summed E-state index contributed by atoms with van der Waals surface area (Å²) >= 11 is 0. The Morgan fingerprint density at radius 1 is 0.455 bits per heavy atom. The maximum atomic E-state index is 5.04. The Hall–Kier alpha value is -5.94. The zero-order valence-electron chi connectivity index (χ0n) is 24.1. The van der Waals surface area contributed by atoms with Crippen LogP contribution in [0, 0.1) is 6.92 Å². The summed E-state index contributed by atoms with van der Waals surface area (Å²) in [5, 5.41) is 2.47. The third-order valence-corrected chi connectivity index (χ3v) is 8.02. The average Bonchev–Trinajstić information content (AvgIpc) is 3.42. The minimum Gasteiger partial charge on any atom is -0.309 e. The van der Waals surface area contributed by atoms with Gasteiger partial charge in [0.15, 0.2) is 17.5 Å². The Balaban J connectivity index is 1.39. The molecule has 5 heteroatoms. The first kappa shape index (κ1) is 25.7. The fourth-order valence-corrected chi connectivity index (χ4v) is 5.92. The topological polar surface area (TPSA) is 56.5 Å². The van der Waals surface area contributed by atoms with Gasteiger partial charge in [-0.3, -0.25) is 4.98 Å². The fourth-order valence-electron chi connectivity index (χ4n) is 5.92. The zero-order valence-corrected chi connectivity index (χ0v) is 24.1. The summed E-state index contributed by atoms with van der Waals surface area (Å²) in [5.41, 5.74) is 9.50. The molecule has 0 fully saturated rings. The van der Waals surface area contributed by atoms with Crippen LogP contribution in [0.5, 0.6) is 0 Å². The van der Waals surface area contributed by atoms with Gasteiger partial charge in [-0.15, -0.1) is 0 Å². The van der Waals surface area contributed by atoms with E-state index in [4.69, 9.17) is 15.0 Å². The Morgan fingerprint density at radius 2 is 1.07 bits per heavy atom. The Bertz CT molecular complexity index is 2220. The summed E-state index contributed by atoms with van der Waals surface area (Å²) in [7, 11) is 0. The number of hydrogen-bond donors (Lipinski definition) is 0. The number of aromatic nitrogens is 5. The normalized spacial score (nSPS) is 11.3. The van der Waals surface area contributed by atoms with Crippen molar-refractivity contribution in [3.63, 3.8) is 0 Å². The van der Waals surface area contributed by atoms with Crippen LogP contribution in [0.1, 0.15) is 5.56 Å². The van der Waals surface area contributed by atoms with E-state index in [1.54, 1.807) is 0 Å². The number of fused-ring (bicyclic) bond motifs is 3. The van der Waals surface area contributed by atoms with Crippen LogP contribution in [0.4, 0.5) is 0 Å². The number of hydrogen-bond acceptors (Lipinski definition) is 4. The van der Waals surface area contributed by atoms with Crippen LogP contribution in [0.2, 0.25) is 0 Å². The van der Waals surface area contributed by atoms with Gasteiger partial charge >= 0.3 is 0 Å². The van der Waals surface area contributed by atoms with Gasteiger partial charge in [-0.25, -0.2) is 15.0 Å². The van der Waals surface area contributed by atoms with Crippen molar-refractivity contribution in [1.82, 2.24) is 24.5 Å². The number of rotatable bonds is 5. The third-order valence-electron chi connectivity index (χ3n) is 8.02. The molecule has 5 nitrogen and oxygen atoms in total. The summed E-state index contributed by atoms with van der Waals surface area (Å²) in [6.45, 7) is 2.14.